The van der Waals surface area contributed by atoms with Gasteiger partial charge in [0.25, 0.3) is 0 Å². The van der Waals surface area contributed by atoms with Gasteiger partial charge in [-0.15, -0.1) is 0 Å². The van der Waals surface area contributed by atoms with Crippen molar-refractivity contribution in [3.8, 4) is 0 Å². The van der Waals surface area contributed by atoms with Crippen LogP contribution in [0.2, 0.25) is 0 Å². The van der Waals surface area contributed by atoms with Crippen LogP contribution in [0.25, 0.3) is 10.4 Å². The summed E-state index contributed by atoms with van der Waals surface area (Å²) in [4.78, 5) is 10.0. The monoisotopic (exact) mass is 502 g/mol. The highest BCUT2D eigenvalue weighted by atomic mass is 19.4. The number of aromatic nitrogens is 2. The molecule has 14 heteroatoms. The molecule has 0 radical (unpaired) electrons. The molecular formula is C21H29F3N6O5. The highest BCUT2D eigenvalue weighted by Gasteiger charge is 2.66. The molecule has 0 amide bonds. The van der Waals surface area contributed by atoms with Gasteiger partial charge >= 0.3 is 6.18 Å². The molecule has 3 fully saturated rings. The highest BCUT2D eigenvalue weighted by molar-refractivity contribution is 5.36. The molecule has 1 aromatic heterocycles. The van der Waals surface area contributed by atoms with Gasteiger partial charge in [-0.1, -0.05) is 18.0 Å². The number of alkyl halides is 3. The summed E-state index contributed by atoms with van der Waals surface area (Å²) in [5.74, 6) is -0.998. The normalized spacial score (nSPS) is 31.1. The lowest BCUT2D eigenvalue weighted by atomic mass is 9.88. The molecule has 0 aliphatic carbocycles. The van der Waals surface area contributed by atoms with Crippen LogP contribution in [0.3, 0.4) is 0 Å². The lowest BCUT2D eigenvalue weighted by molar-refractivity contribution is -0.207. The number of unbranched alkanes of at least 4 members (excludes halogenated alkanes) is 3. The van der Waals surface area contributed by atoms with Gasteiger partial charge in [0.05, 0.1) is 25.6 Å². The Kier molecular flexibility index (Phi) is 7.69. The molecule has 3 saturated heterocycles. The van der Waals surface area contributed by atoms with Gasteiger partial charge in [-0.2, -0.15) is 13.2 Å². The quantitative estimate of drug-likeness (QED) is 0.209. The number of hydrogen-bond acceptors (Lipinski definition) is 9. The number of azide groups is 1. The second-order valence-corrected chi connectivity index (χ2v) is 9.26. The maximum absolute atomic E-state index is 13.1. The van der Waals surface area contributed by atoms with Crippen molar-refractivity contribution < 1.29 is 36.9 Å². The van der Waals surface area contributed by atoms with Crippen molar-refractivity contribution in [2.24, 2.45) is 5.11 Å². The van der Waals surface area contributed by atoms with E-state index in [0.717, 1.165) is 25.7 Å². The van der Waals surface area contributed by atoms with Gasteiger partial charge in [-0.25, -0.2) is 4.98 Å². The zero-order valence-electron chi connectivity index (χ0n) is 19.5. The molecule has 1 N–H and O–H groups in total. The van der Waals surface area contributed by atoms with Crippen LogP contribution in [0, 0.1) is 0 Å². The second kappa shape index (κ2) is 10.4. The maximum Gasteiger partial charge on any atom is 0.434 e. The molecule has 3 aliphatic rings. The van der Waals surface area contributed by atoms with E-state index in [0.29, 0.717) is 19.3 Å². The summed E-state index contributed by atoms with van der Waals surface area (Å²) in [6.45, 7) is 4.96. The van der Waals surface area contributed by atoms with Crippen molar-refractivity contribution in [1.82, 2.24) is 9.97 Å². The van der Waals surface area contributed by atoms with E-state index in [1.165, 1.54) is 6.20 Å². The number of nitrogens with one attached hydrogen (secondary N) is 1. The van der Waals surface area contributed by atoms with E-state index in [-0.39, 0.29) is 19.0 Å². The van der Waals surface area contributed by atoms with Gasteiger partial charge in [-0.05, 0) is 32.2 Å². The largest absolute Gasteiger partial charge is 0.434 e. The third kappa shape index (κ3) is 5.96. The van der Waals surface area contributed by atoms with Crippen LogP contribution < -0.4 is 5.32 Å². The van der Waals surface area contributed by atoms with E-state index in [2.05, 4.69) is 25.3 Å². The number of halogens is 3. The maximum atomic E-state index is 13.1. The summed E-state index contributed by atoms with van der Waals surface area (Å²) in [6, 6.07) is -0.675. The molecule has 4 heterocycles. The Labute approximate surface area is 200 Å². The van der Waals surface area contributed by atoms with Gasteiger partial charge in [0.15, 0.2) is 17.8 Å². The third-order valence-corrected chi connectivity index (χ3v) is 6.08. The van der Waals surface area contributed by atoms with Gasteiger partial charge in [0.1, 0.15) is 29.7 Å². The first-order valence-electron chi connectivity index (χ1n) is 11.5. The van der Waals surface area contributed by atoms with Crippen LogP contribution >= 0.6 is 0 Å². The van der Waals surface area contributed by atoms with E-state index in [1.807, 2.05) is 0 Å². The lowest BCUT2D eigenvalue weighted by Crippen LogP contribution is -2.63. The summed E-state index contributed by atoms with van der Waals surface area (Å²) in [5, 5.41) is 6.47. The molecule has 0 saturated carbocycles. The fourth-order valence-corrected chi connectivity index (χ4v) is 4.54. The predicted octanol–water partition coefficient (Wildman–Crippen LogP) is 3.81. The summed E-state index contributed by atoms with van der Waals surface area (Å²) in [7, 11) is 0. The zero-order valence-corrected chi connectivity index (χ0v) is 19.5. The standard InChI is InChI=1S/C21H29F3N6O5/c1-19(2)33-16-15(29-14-10-26-9-13(28-14)21(22,23)24)18-32-12-20(35-18,17(16)34-19)11-31-8-6-4-3-5-7-27-30-25/h9-10,15-18H,3-8,11-12H2,1-2H3,(H,28,29)/t15-,16-,17-,18+,20+/m1/s1. The summed E-state index contributed by atoms with van der Waals surface area (Å²) in [6.07, 6.45) is -1.14. The molecule has 1 aromatic rings. The highest BCUT2D eigenvalue weighted by Crippen LogP contribution is 2.47. The lowest BCUT2D eigenvalue weighted by Gasteiger charge is -2.42. The molecule has 5 atom stereocenters. The second-order valence-electron chi connectivity index (χ2n) is 9.26. The molecule has 4 rings (SSSR count). The van der Waals surface area contributed by atoms with E-state index in [4.69, 9.17) is 29.2 Å². The summed E-state index contributed by atoms with van der Waals surface area (Å²) in [5.41, 5.74) is 6.28. The van der Waals surface area contributed by atoms with Crippen LogP contribution in [0.4, 0.5) is 19.0 Å². The summed E-state index contributed by atoms with van der Waals surface area (Å²) < 4.78 is 69.5. The number of rotatable bonds is 11. The van der Waals surface area contributed by atoms with Gasteiger partial charge in [0, 0.05) is 18.1 Å². The van der Waals surface area contributed by atoms with Crippen molar-refractivity contribution in [3.63, 3.8) is 0 Å². The molecule has 3 aliphatic heterocycles. The van der Waals surface area contributed by atoms with Gasteiger partial charge in [-0.3, -0.25) is 4.98 Å². The first-order valence-corrected chi connectivity index (χ1v) is 11.5. The Morgan fingerprint density at radius 3 is 2.77 bits per heavy atom. The van der Waals surface area contributed by atoms with Crippen LogP contribution in [0.15, 0.2) is 17.5 Å². The molecule has 2 bridgehead atoms. The number of ether oxygens (including phenoxy) is 5. The van der Waals surface area contributed by atoms with E-state index < -0.39 is 47.8 Å². The van der Waals surface area contributed by atoms with Crippen molar-refractivity contribution in [2.75, 3.05) is 31.7 Å². The molecule has 194 valence electrons. The topological polar surface area (TPSA) is 133 Å². The van der Waals surface area contributed by atoms with Crippen LogP contribution in [0.5, 0.6) is 0 Å². The zero-order chi connectivity index (χ0) is 25.1. The van der Waals surface area contributed by atoms with Crippen LogP contribution in [0.1, 0.15) is 45.2 Å². The number of fused-ring (bicyclic) bond motifs is 4. The molecule has 0 unspecified atom stereocenters. The van der Waals surface area contributed by atoms with E-state index in [9.17, 15) is 13.2 Å². The Balaban J connectivity index is 1.38. The van der Waals surface area contributed by atoms with E-state index >= 15 is 0 Å². The van der Waals surface area contributed by atoms with Gasteiger partial charge < -0.3 is 29.0 Å². The summed E-state index contributed by atoms with van der Waals surface area (Å²) >= 11 is 0. The molecule has 0 aromatic carbocycles. The van der Waals surface area contributed by atoms with Crippen molar-refractivity contribution in [3.05, 3.63) is 28.5 Å². The third-order valence-electron chi connectivity index (χ3n) is 6.08. The molecular weight excluding hydrogens is 473 g/mol. The Hall–Kier alpha value is -2.22. The SMILES string of the molecule is CC1(C)O[C@@H]2[C@@H](Nc3cncc(C(F)(F)F)n3)[C@H]3OC[C@](COCCCCCCN=[N+]=[N-])(O3)[C@@H]2O1. The first kappa shape index (κ1) is 25.9. The van der Waals surface area contributed by atoms with Crippen LogP contribution in [-0.4, -0.2) is 72.3 Å². The average molecular weight is 502 g/mol. The molecule has 0 spiro atoms. The van der Waals surface area contributed by atoms with Crippen molar-refractivity contribution >= 4 is 5.82 Å². The number of anilines is 1. The Morgan fingerprint density at radius 1 is 1.20 bits per heavy atom. The fraction of sp³-hybridized carbons (Fsp3) is 0.810. The van der Waals surface area contributed by atoms with Crippen LogP contribution in [-0.2, 0) is 29.9 Å². The fourth-order valence-electron chi connectivity index (χ4n) is 4.54. The number of hydrogen-bond donors (Lipinski definition) is 1. The first-order chi connectivity index (χ1) is 16.6. The minimum Gasteiger partial charge on any atom is -0.378 e. The Morgan fingerprint density at radius 2 is 2.00 bits per heavy atom. The minimum atomic E-state index is -4.62. The van der Waals surface area contributed by atoms with Crippen molar-refractivity contribution in [2.45, 2.75) is 81.6 Å². The average Bonchev–Trinajstić information content (AvgIpc) is 3.35. The van der Waals surface area contributed by atoms with Gasteiger partial charge in [0.2, 0.25) is 0 Å². The Bertz CT molecular complexity index is 931. The minimum absolute atomic E-state index is 0.0693. The van der Waals surface area contributed by atoms with E-state index in [1.54, 1.807) is 13.8 Å². The molecule has 35 heavy (non-hydrogen) atoms. The van der Waals surface area contributed by atoms with Crippen molar-refractivity contribution in [1.29, 1.82) is 0 Å². The smallest absolute Gasteiger partial charge is 0.378 e. The number of nitrogens with zero attached hydrogens (tertiary/aromatic N) is 5. The molecule has 11 nitrogen and oxygen atoms in total. The predicted molar refractivity (Wildman–Crippen MR) is 115 cm³/mol.